The smallest absolute Gasteiger partial charge is 0.251 e. The molecular formula is C19H22BrN5O. The highest BCUT2D eigenvalue weighted by Gasteiger charge is 2.16. The Bertz CT molecular complexity index is 914. The molecule has 1 atom stereocenters. The zero-order valence-corrected chi connectivity index (χ0v) is 16.7. The fourth-order valence-electron chi connectivity index (χ4n) is 2.99. The summed E-state index contributed by atoms with van der Waals surface area (Å²) in [5, 5.41) is 11.7. The van der Waals surface area contributed by atoms with E-state index in [4.69, 9.17) is 0 Å². The first-order chi connectivity index (χ1) is 12.5. The molecule has 2 heterocycles. The summed E-state index contributed by atoms with van der Waals surface area (Å²) in [4.78, 5) is 12.7. The van der Waals surface area contributed by atoms with Crippen molar-refractivity contribution in [2.24, 2.45) is 0 Å². The topological polar surface area (TPSA) is 64.7 Å². The van der Waals surface area contributed by atoms with Crippen LogP contribution in [0.4, 0.5) is 0 Å². The lowest BCUT2D eigenvalue weighted by molar-refractivity contribution is 0.0939. The summed E-state index contributed by atoms with van der Waals surface area (Å²) in [5.74, 6) is -0.0929. The van der Waals surface area contributed by atoms with Crippen LogP contribution in [0, 0.1) is 6.92 Å². The molecule has 3 aromatic rings. The summed E-state index contributed by atoms with van der Waals surface area (Å²) in [7, 11) is 0. The highest BCUT2D eigenvalue weighted by molar-refractivity contribution is 9.10. The van der Waals surface area contributed by atoms with Crippen molar-refractivity contribution < 1.29 is 4.79 Å². The molecule has 0 aliphatic carbocycles. The van der Waals surface area contributed by atoms with Crippen molar-refractivity contribution in [3.8, 4) is 0 Å². The second kappa shape index (κ2) is 7.86. The number of hydrogen-bond donors (Lipinski definition) is 1. The van der Waals surface area contributed by atoms with Crippen LogP contribution in [0.5, 0.6) is 0 Å². The minimum absolute atomic E-state index is 0.0929. The van der Waals surface area contributed by atoms with Gasteiger partial charge >= 0.3 is 0 Å². The number of aryl methyl sites for hydroxylation is 1. The lowest BCUT2D eigenvalue weighted by Gasteiger charge is -2.14. The highest BCUT2D eigenvalue weighted by Crippen LogP contribution is 2.18. The van der Waals surface area contributed by atoms with Gasteiger partial charge in [-0.2, -0.15) is 10.2 Å². The van der Waals surface area contributed by atoms with E-state index in [9.17, 15) is 4.79 Å². The molecule has 1 N–H and O–H groups in total. The van der Waals surface area contributed by atoms with E-state index in [1.165, 1.54) is 0 Å². The summed E-state index contributed by atoms with van der Waals surface area (Å²) in [6, 6.07) is 7.51. The van der Waals surface area contributed by atoms with Crippen LogP contribution in [0.25, 0.3) is 0 Å². The average Bonchev–Trinajstić information content (AvgIpc) is 3.20. The molecule has 0 radical (unpaired) electrons. The fourth-order valence-corrected chi connectivity index (χ4v) is 3.31. The van der Waals surface area contributed by atoms with Crippen molar-refractivity contribution in [2.45, 2.75) is 39.9 Å². The molecule has 26 heavy (non-hydrogen) atoms. The summed E-state index contributed by atoms with van der Waals surface area (Å²) in [5.41, 5.74) is 3.79. The van der Waals surface area contributed by atoms with Crippen LogP contribution in [0.2, 0.25) is 0 Å². The van der Waals surface area contributed by atoms with Crippen molar-refractivity contribution in [3.05, 3.63) is 69.7 Å². The molecular weight excluding hydrogens is 394 g/mol. The first kappa shape index (κ1) is 18.4. The van der Waals surface area contributed by atoms with Gasteiger partial charge in [-0.1, -0.05) is 12.1 Å². The number of carbonyl (C=O) groups excluding carboxylic acids is 1. The molecule has 3 rings (SSSR count). The Hall–Kier alpha value is -2.41. The van der Waals surface area contributed by atoms with Crippen molar-refractivity contribution in [1.29, 1.82) is 0 Å². The number of halogens is 1. The van der Waals surface area contributed by atoms with Crippen LogP contribution in [-0.4, -0.2) is 25.5 Å². The van der Waals surface area contributed by atoms with Crippen LogP contribution in [0.15, 0.2) is 47.3 Å². The van der Waals surface area contributed by atoms with Gasteiger partial charge in [-0.15, -0.1) is 0 Å². The van der Waals surface area contributed by atoms with Crippen LogP contribution in [0.1, 0.15) is 47.1 Å². The van der Waals surface area contributed by atoms with Crippen LogP contribution < -0.4 is 5.32 Å². The molecule has 1 amide bonds. The SMILES string of the molecule is CCn1ncc(C(C)NC(=O)c2cccc(Cn3cc(Br)cn3)c2)c1C. The van der Waals surface area contributed by atoms with Gasteiger partial charge in [0.2, 0.25) is 0 Å². The van der Waals surface area contributed by atoms with Crippen molar-refractivity contribution in [2.75, 3.05) is 0 Å². The molecule has 0 fully saturated rings. The molecule has 2 aromatic heterocycles. The lowest BCUT2D eigenvalue weighted by Crippen LogP contribution is -2.27. The molecule has 0 spiro atoms. The zero-order valence-electron chi connectivity index (χ0n) is 15.1. The third-order valence-corrected chi connectivity index (χ3v) is 4.80. The van der Waals surface area contributed by atoms with Gasteiger partial charge in [0.25, 0.3) is 5.91 Å². The molecule has 0 aliphatic heterocycles. The zero-order chi connectivity index (χ0) is 18.7. The van der Waals surface area contributed by atoms with Gasteiger partial charge in [-0.25, -0.2) is 0 Å². The Labute approximate surface area is 161 Å². The molecule has 0 saturated heterocycles. The number of carbonyl (C=O) groups is 1. The standard InChI is InChI=1S/C19H22BrN5O/c1-4-25-14(3)18(10-22-25)13(2)23-19(26)16-7-5-6-15(8-16)11-24-12-17(20)9-21-24/h5-10,12-13H,4,11H2,1-3H3,(H,23,26). The first-order valence-electron chi connectivity index (χ1n) is 8.58. The number of benzene rings is 1. The monoisotopic (exact) mass is 415 g/mol. The normalized spacial score (nSPS) is 12.2. The van der Waals surface area contributed by atoms with Crippen molar-refractivity contribution in [3.63, 3.8) is 0 Å². The van der Waals surface area contributed by atoms with E-state index in [1.54, 1.807) is 6.20 Å². The van der Waals surface area contributed by atoms with E-state index in [0.717, 1.165) is 27.8 Å². The van der Waals surface area contributed by atoms with E-state index < -0.39 is 0 Å². The lowest BCUT2D eigenvalue weighted by atomic mass is 10.1. The Morgan fingerprint density at radius 2 is 2.12 bits per heavy atom. The molecule has 7 heteroatoms. The molecule has 6 nitrogen and oxygen atoms in total. The maximum atomic E-state index is 12.7. The predicted molar refractivity (Wildman–Crippen MR) is 104 cm³/mol. The number of nitrogens with zero attached hydrogens (tertiary/aromatic N) is 4. The van der Waals surface area contributed by atoms with E-state index in [2.05, 4.69) is 38.4 Å². The highest BCUT2D eigenvalue weighted by atomic mass is 79.9. The molecule has 136 valence electrons. The van der Waals surface area contributed by atoms with Crippen molar-refractivity contribution in [1.82, 2.24) is 24.9 Å². The Morgan fingerprint density at radius 3 is 2.77 bits per heavy atom. The Kier molecular flexibility index (Phi) is 5.56. The molecule has 1 aromatic carbocycles. The molecule has 0 saturated carbocycles. The quantitative estimate of drug-likeness (QED) is 0.667. The van der Waals surface area contributed by atoms with Gasteiger partial charge in [0, 0.05) is 29.6 Å². The van der Waals surface area contributed by atoms with Gasteiger partial charge in [0.15, 0.2) is 0 Å². The van der Waals surface area contributed by atoms with Gasteiger partial charge in [-0.05, 0) is 54.4 Å². The Balaban J connectivity index is 1.71. The summed E-state index contributed by atoms with van der Waals surface area (Å²) in [6.07, 6.45) is 5.48. The number of aromatic nitrogens is 4. The third kappa shape index (κ3) is 4.04. The molecule has 0 aliphatic rings. The second-order valence-corrected chi connectivity index (χ2v) is 7.17. The van der Waals surface area contributed by atoms with Gasteiger partial charge in [0.1, 0.15) is 0 Å². The number of nitrogens with one attached hydrogen (secondary N) is 1. The van der Waals surface area contributed by atoms with Crippen LogP contribution in [-0.2, 0) is 13.1 Å². The van der Waals surface area contributed by atoms with E-state index >= 15 is 0 Å². The van der Waals surface area contributed by atoms with E-state index in [1.807, 2.05) is 59.9 Å². The number of rotatable bonds is 6. The largest absolute Gasteiger partial charge is 0.345 e. The maximum Gasteiger partial charge on any atom is 0.251 e. The number of amides is 1. The Morgan fingerprint density at radius 1 is 1.31 bits per heavy atom. The minimum Gasteiger partial charge on any atom is -0.345 e. The van der Waals surface area contributed by atoms with Crippen molar-refractivity contribution >= 4 is 21.8 Å². The summed E-state index contributed by atoms with van der Waals surface area (Å²) >= 11 is 3.39. The molecule has 0 bridgehead atoms. The second-order valence-electron chi connectivity index (χ2n) is 6.25. The fraction of sp³-hybridized carbons (Fsp3) is 0.316. The number of hydrogen-bond acceptors (Lipinski definition) is 3. The third-order valence-electron chi connectivity index (χ3n) is 4.39. The summed E-state index contributed by atoms with van der Waals surface area (Å²) < 4.78 is 4.69. The van der Waals surface area contributed by atoms with Crippen LogP contribution in [0.3, 0.4) is 0 Å². The molecule has 1 unspecified atom stereocenters. The maximum absolute atomic E-state index is 12.7. The van der Waals surface area contributed by atoms with E-state index in [0.29, 0.717) is 12.1 Å². The van der Waals surface area contributed by atoms with Gasteiger partial charge in [-0.3, -0.25) is 14.2 Å². The van der Waals surface area contributed by atoms with Gasteiger partial charge in [0.05, 0.1) is 29.5 Å². The minimum atomic E-state index is -0.103. The summed E-state index contributed by atoms with van der Waals surface area (Å²) in [6.45, 7) is 7.49. The van der Waals surface area contributed by atoms with Gasteiger partial charge < -0.3 is 5.32 Å². The van der Waals surface area contributed by atoms with E-state index in [-0.39, 0.29) is 11.9 Å². The predicted octanol–water partition coefficient (Wildman–Crippen LogP) is 3.71. The first-order valence-corrected chi connectivity index (χ1v) is 9.37. The average molecular weight is 416 g/mol. The van der Waals surface area contributed by atoms with Crippen LogP contribution >= 0.6 is 15.9 Å².